The van der Waals surface area contributed by atoms with Gasteiger partial charge in [-0.2, -0.15) is 0 Å². The molecule has 0 spiro atoms. The monoisotopic (exact) mass is 326 g/mol. The van der Waals surface area contributed by atoms with E-state index in [2.05, 4.69) is 15.9 Å². The molecule has 1 aromatic carbocycles. The molecular formula is C14H15BrO4. The summed E-state index contributed by atoms with van der Waals surface area (Å²) in [5.41, 5.74) is 1.87. The van der Waals surface area contributed by atoms with Crippen LogP contribution in [0.25, 0.3) is 0 Å². The summed E-state index contributed by atoms with van der Waals surface area (Å²) in [7, 11) is 0. The van der Waals surface area contributed by atoms with Gasteiger partial charge in [0.25, 0.3) is 0 Å². The van der Waals surface area contributed by atoms with Crippen LogP contribution in [0.3, 0.4) is 0 Å². The maximum absolute atomic E-state index is 11.0. The third-order valence-electron chi connectivity index (χ3n) is 3.93. The second-order valence-corrected chi connectivity index (χ2v) is 6.09. The lowest BCUT2D eigenvalue weighted by Crippen LogP contribution is -2.20. The van der Waals surface area contributed by atoms with Crippen molar-refractivity contribution in [3.8, 4) is 11.5 Å². The van der Waals surface area contributed by atoms with Gasteiger partial charge in [-0.25, -0.2) is 0 Å². The second kappa shape index (κ2) is 4.40. The molecule has 4 nitrogen and oxygen atoms in total. The number of rotatable bonds is 3. The molecule has 5 heteroatoms. The van der Waals surface area contributed by atoms with Crippen molar-refractivity contribution in [1.29, 1.82) is 0 Å². The van der Waals surface area contributed by atoms with Gasteiger partial charge in [0.2, 0.25) is 0 Å². The Hall–Kier alpha value is -1.23. The number of carboxylic acids is 1. The smallest absolute Gasteiger partial charge is 0.304 e. The van der Waals surface area contributed by atoms with Gasteiger partial charge < -0.3 is 14.6 Å². The number of hydrogen-bond acceptors (Lipinski definition) is 3. The fraction of sp³-hybridized carbons (Fsp3) is 0.500. The van der Waals surface area contributed by atoms with Crippen LogP contribution in [0.5, 0.6) is 11.5 Å². The Morgan fingerprint density at radius 1 is 1.37 bits per heavy atom. The zero-order chi connectivity index (χ0) is 13.6. The van der Waals surface area contributed by atoms with Crippen LogP contribution >= 0.6 is 15.9 Å². The van der Waals surface area contributed by atoms with E-state index in [0.717, 1.165) is 39.9 Å². The van der Waals surface area contributed by atoms with E-state index in [1.807, 2.05) is 13.0 Å². The molecule has 1 aliphatic carbocycles. The maximum Gasteiger partial charge on any atom is 0.304 e. The van der Waals surface area contributed by atoms with Gasteiger partial charge in [0.1, 0.15) is 13.2 Å². The topological polar surface area (TPSA) is 55.8 Å². The normalized spacial score (nSPS) is 19.1. The second-order valence-electron chi connectivity index (χ2n) is 5.24. The lowest BCUT2D eigenvalue weighted by Gasteiger charge is -2.25. The van der Waals surface area contributed by atoms with E-state index < -0.39 is 5.97 Å². The molecule has 3 rings (SSSR count). The van der Waals surface area contributed by atoms with E-state index in [1.165, 1.54) is 0 Å². The van der Waals surface area contributed by atoms with Crippen LogP contribution in [0.15, 0.2) is 10.5 Å². The standard InChI is InChI=1S/C14H15BrO4/c1-8-9(14(2-3-14)7-11(16)17)6-10(15)13-12(8)18-4-5-19-13/h6H,2-5,7H2,1H3,(H,16,17). The van der Waals surface area contributed by atoms with Crippen molar-refractivity contribution in [2.45, 2.75) is 31.6 Å². The number of aliphatic carboxylic acids is 1. The van der Waals surface area contributed by atoms with Crippen molar-refractivity contribution < 1.29 is 19.4 Å². The molecule has 0 atom stereocenters. The number of carboxylic acid groups (broad SMARTS) is 1. The fourth-order valence-electron chi connectivity index (χ4n) is 2.83. The van der Waals surface area contributed by atoms with Gasteiger partial charge in [0.15, 0.2) is 11.5 Å². The predicted molar refractivity (Wildman–Crippen MR) is 73.0 cm³/mol. The largest absolute Gasteiger partial charge is 0.486 e. The highest BCUT2D eigenvalue weighted by Gasteiger charge is 2.47. The lowest BCUT2D eigenvalue weighted by atomic mass is 9.88. The van der Waals surface area contributed by atoms with Crippen LogP contribution in [-0.2, 0) is 10.2 Å². The van der Waals surface area contributed by atoms with Crippen molar-refractivity contribution in [1.82, 2.24) is 0 Å². The Kier molecular flexibility index (Phi) is 2.96. The van der Waals surface area contributed by atoms with Crippen molar-refractivity contribution in [3.63, 3.8) is 0 Å². The average Bonchev–Trinajstić information content (AvgIpc) is 3.13. The van der Waals surface area contributed by atoms with E-state index >= 15 is 0 Å². The first-order valence-corrected chi connectivity index (χ1v) is 7.14. The molecule has 1 N–H and O–H groups in total. The molecule has 0 aromatic heterocycles. The first kappa shape index (κ1) is 12.8. The molecule has 0 saturated heterocycles. The fourth-order valence-corrected chi connectivity index (χ4v) is 3.35. The maximum atomic E-state index is 11.0. The number of carbonyl (C=O) groups is 1. The van der Waals surface area contributed by atoms with Crippen LogP contribution < -0.4 is 9.47 Å². The Balaban J connectivity index is 2.08. The van der Waals surface area contributed by atoms with E-state index in [9.17, 15) is 4.79 Å². The van der Waals surface area contributed by atoms with E-state index in [-0.39, 0.29) is 11.8 Å². The molecule has 1 fully saturated rings. The van der Waals surface area contributed by atoms with Gasteiger partial charge in [0, 0.05) is 5.41 Å². The number of benzene rings is 1. The van der Waals surface area contributed by atoms with Crippen molar-refractivity contribution in [2.24, 2.45) is 0 Å². The molecule has 0 bridgehead atoms. The molecule has 102 valence electrons. The van der Waals surface area contributed by atoms with Crippen LogP contribution in [0, 0.1) is 6.92 Å². The van der Waals surface area contributed by atoms with Gasteiger partial charge in [-0.1, -0.05) is 0 Å². The molecule has 19 heavy (non-hydrogen) atoms. The van der Waals surface area contributed by atoms with Crippen LogP contribution in [0.2, 0.25) is 0 Å². The Morgan fingerprint density at radius 3 is 2.58 bits per heavy atom. The number of ether oxygens (including phenoxy) is 2. The first-order valence-electron chi connectivity index (χ1n) is 6.34. The molecule has 1 aromatic rings. The van der Waals surface area contributed by atoms with E-state index in [4.69, 9.17) is 14.6 Å². The van der Waals surface area contributed by atoms with Crippen molar-refractivity contribution in [2.75, 3.05) is 13.2 Å². The predicted octanol–water partition coefficient (Wildman–Crippen LogP) is 3.04. The summed E-state index contributed by atoms with van der Waals surface area (Å²) in [6, 6.07) is 2.00. The summed E-state index contributed by atoms with van der Waals surface area (Å²) in [6.07, 6.45) is 2.03. The lowest BCUT2D eigenvalue weighted by molar-refractivity contribution is -0.137. The Morgan fingerprint density at radius 2 is 2.00 bits per heavy atom. The van der Waals surface area contributed by atoms with Crippen molar-refractivity contribution >= 4 is 21.9 Å². The third kappa shape index (κ3) is 2.10. The Labute approximate surface area is 119 Å². The SMILES string of the molecule is Cc1c(C2(CC(=O)O)CC2)cc(Br)c2c1OCCO2. The minimum Gasteiger partial charge on any atom is -0.486 e. The van der Waals surface area contributed by atoms with Gasteiger partial charge in [-0.3, -0.25) is 4.79 Å². The van der Waals surface area contributed by atoms with Crippen LogP contribution in [0.1, 0.15) is 30.4 Å². The summed E-state index contributed by atoms with van der Waals surface area (Å²) in [5.74, 6) is 0.744. The van der Waals surface area contributed by atoms with E-state index in [1.54, 1.807) is 0 Å². The summed E-state index contributed by atoms with van der Waals surface area (Å²) in [5, 5.41) is 9.08. The van der Waals surface area contributed by atoms with Gasteiger partial charge in [0.05, 0.1) is 10.9 Å². The quantitative estimate of drug-likeness (QED) is 0.927. The van der Waals surface area contributed by atoms with Crippen LogP contribution in [0.4, 0.5) is 0 Å². The van der Waals surface area contributed by atoms with E-state index in [0.29, 0.717) is 13.2 Å². The zero-order valence-corrected chi connectivity index (χ0v) is 12.2. The molecule has 0 radical (unpaired) electrons. The molecule has 0 amide bonds. The number of halogens is 1. The zero-order valence-electron chi connectivity index (χ0n) is 10.7. The Bertz CT molecular complexity index is 549. The minimum atomic E-state index is -0.747. The molecule has 2 aliphatic rings. The summed E-state index contributed by atoms with van der Waals surface area (Å²) >= 11 is 3.50. The molecule has 1 saturated carbocycles. The minimum absolute atomic E-state index is 0.180. The van der Waals surface area contributed by atoms with Crippen molar-refractivity contribution in [3.05, 3.63) is 21.7 Å². The summed E-state index contributed by atoms with van der Waals surface area (Å²) in [6.45, 7) is 3.07. The highest BCUT2D eigenvalue weighted by Crippen LogP contribution is 2.55. The average molecular weight is 327 g/mol. The molecular weight excluding hydrogens is 312 g/mol. The molecule has 0 unspecified atom stereocenters. The summed E-state index contributed by atoms with van der Waals surface area (Å²) < 4.78 is 12.2. The third-order valence-corrected chi connectivity index (χ3v) is 4.52. The first-order chi connectivity index (χ1) is 9.03. The highest BCUT2D eigenvalue weighted by atomic mass is 79.9. The highest BCUT2D eigenvalue weighted by molar-refractivity contribution is 9.10. The van der Waals surface area contributed by atoms with Gasteiger partial charge >= 0.3 is 5.97 Å². The summed E-state index contributed by atoms with van der Waals surface area (Å²) in [4.78, 5) is 11.0. The molecule has 1 aliphatic heterocycles. The van der Waals surface area contributed by atoms with Gasteiger partial charge in [-0.15, -0.1) is 0 Å². The number of hydrogen-bond donors (Lipinski definition) is 1. The number of fused-ring (bicyclic) bond motifs is 1. The molecule has 1 heterocycles. The van der Waals surface area contributed by atoms with Gasteiger partial charge in [-0.05, 0) is 52.9 Å². The van der Waals surface area contributed by atoms with Crippen LogP contribution in [-0.4, -0.2) is 24.3 Å².